The predicted molar refractivity (Wildman–Crippen MR) is 82.9 cm³/mol. The third kappa shape index (κ3) is 3.38. The number of aliphatic hydroxyl groups is 1. The number of rotatable bonds is 3. The SMILES string of the molecule is CC1(C)OC[C@H]([C@H]2OC(=O)[C@H](O)[C@H]2O[Si](C)(C)C(C)(C)C)O1. The zero-order chi connectivity index (χ0) is 16.9. The van der Waals surface area contributed by atoms with Gasteiger partial charge in [-0.25, -0.2) is 4.79 Å². The number of cyclic esters (lactones) is 1. The number of hydrogen-bond donors (Lipinski definition) is 1. The molecular weight excluding hydrogens is 304 g/mol. The molecule has 2 aliphatic heterocycles. The van der Waals surface area contributed by atoms with Crippen molar-refractivity contribution in [2.45, 2.75) is 83.0 Å². The Labute approximate surface area is 133 Å². The molecule has 0 amide bonds. The van der Waals surface area contributed by atoms with E-state index in [0.717, 1.165) is 0 Å². The van der Waals surface area contributed by atoms with Gasteiger partial charge in [0.25, 0.3) is 0 Å². The molecule has 2 rings (SSSR count). The predicted octanol–water partition coefficient (Wildman–Crippen LogP) is 1.81. The van der Waals surface area contributed by atoms with Crippen LogP contribution in [-0.2, 0) is 23.4 Å². The van der Waals surface area contributed by atoms with Crippen molar-refractivity contribution in [3.05, 3.63) is 0 Å². The highest BCUT2D eigenvalue weighted by Gasteiger charge is 2.54. The van der Waals surface area contributed by atoms with E-state index < -0.39 is 44.5 Å². The molecule has 0 saturated carbocycles. The van der Waals surface area contributed by atoms with Crippen LogP contribution in [0.3, 0.4) is 0 Å². The molecule has 7 heteroatoms. The van der Waals surface area contributed by atoms with Crippen molar-refractivity contribution in [2.24, 2.45) is 0 Å². The molecular formula is C15H28O6Si. The first-order valence-electron chi connectivity index (χ1n) is 7.72. The highest BCUT2D eigenvalue weighted by Crippen LogP contribution is 2.40. The first kappa shape index (κ1) is 17.9. The number of hydrogen-bond acceptors (Lipinski definition) is 6. The lowest BCUT2D eigenvalue weighted by Crippen LogP contribution is -2.51. The third-order valence-electron chi connectivity index (χ3n) is 4.76. The van der Waals surface area contributed by atoms with E-state index in [-0.39, 0.29) is 5.04 Å². The number of carbonyl (C=O) groups excluding carboxylic acids is 1. The second-order valence-electron chi connectivity index (χ2n) is 8.06. The van der Waals surface area contributed by atoms with Crippen LogP contribution in [0.15, 0.2) is 0 Å². The first-order valence-corrected chi connectivity index (χ1v) is 10.6. The van der Waals surface area contributed by atoms with Crippen molar-refractivity contribution < 1.29 is 28.5 Å². The highest BCUT2D eigenvalue weighted by atomic mass is 28.4. The van der Waals surface area contributed by atoms with Crippen molar-refractivity contribution in [1.29, 1.82) is 0 Å². The smallest absolute Gasteiger partial charge is 0.338 e. The highest BCUT2D eigenvalue weighted by molar-refractivity contribution is 6.74. The number of aliphatic hydroxyl groups excluding tert-OH is 1. The number of esters is 1. The lowest BCUT2D eigenvalue weighted by molar-refractivity contribution is -0.166. The zero-order valence-electron chi connectivity index (χ0n) is 14.5. The molecule has 2 aliphatic rings. The van der Waals surface area contributed by atoms with Crippen LogP contribution in [0, 0.1) is 0 Å². The fraction of sp³-hybridized carbons (Fsp3) is 0.933. The van der Waals surface area contributed by atoms with Gasteiger partial charge >= 0.3 is 5.97 Å². The summed E-state index contributed by atoms with van der Waals surface area (Å²) < 4.78 is 22.9. The van der Waals surface area contributed by atoms with Crippen LogP contribution in [0.4, 0.5) is 0 Å². The summed E-state index contributed by atoms with van der Waals surface area (Å²) in [5, 5.41) is 10.1. The van der Waals surface area contributed by atoms with Gasteiger partial charge in [0.05, 0.1) is 6.61 Å². The third-order valence-corrected chi connectivity index (χ3v) is 9.24. The molecule has 22 heavy (non-hydrogen) atoms. The van der Waals surface area contributed by atoms with Crippen molar-refractivity contribution in [3.8, 4) is 0 Å². The Balaban J connectivity index is 2.18. The average Bonchev–Trinajstić information content (AvgIpc) is 2.82. The van der Waals surface area contributed by atoms with Crippen LogP contribution < -0.4 is 0 Å². The maximum absolute atomic E-state index is 11.8. The molecule has 0 unspecified atom stereocenters. The maximum Gasteiger partial charge on any atom is 0.338 e. The van der Waals surface area contributed by atoms with Crippen molar-refractivity contribution >= 4 is 14.3 Å². The van der Waals surface area contributed by atoms with Gasteiger partial charge in [-0.15, -0.1) is 0 Å². The lowest BCUT2D eigenvalue weighted by Gasteiger charge is -2.40. The summed E-state index contributed by atoms with van der Waals surface area (Å²) in [6.07, 6.45) is -3.05. The van der Waals surface area contributed by atoms with Gasteiger partial charge in [0.1, 0.15) is 12.2 Å². The van der Waals surface area contributed by atoms with E-state index in [2.05, 4.69) is 33.9 Å². The lowest BCUT2D eigenvalue weighted by atomic mass is 10.1. The Kier molecular flexibility index (Phi) is 4.52. The molecule has 0 aromatic carbocycles. The average molecular weight is 332 g/mol. The quantitative estimate of drug-likeness (QED) is 0.628. The number of carbonyl (C=O) groups is 1. The summed E-state index contributed by atoms with van der Waals surface area (Å²) in [6.45, 7) is 14.4. The molecule has 2 saturated heterocycles. The Hall–Kier alpha value is -0.473. The summed E-state index contributed by atoms with van der Waals surface area (Å²) >= 11 is 0. The molecule has 6 nitrogen and oxygen atoms in total. The van der Waals surface area contributed by atoms with E-state index in [9.17, 15) is 9.90 Å². The minimum atomic E-state index is -2.16. The van der Waals surface area contributed by atoms with Gasteiger partial charge < -0.3 is 23.7 Å². The second kappa shape index (κ2) is 5.56. The van der Waals surface area contributed by atoms with Crippen molar-refractivity contribution in [1.82, 2.24) is 0 Å². The van der Waals surface area contributed by atoms with Gasteiger partial charge in [-0.3, -0.25) is 0 Å². The Morgan fingerprint density at radius 1 is 1.32 bits per heavy atom. The summed E-state index contributed by atoms with van der Waals surface area (Å²) in [5.74, 6) is -1.37. The van der Waals surface area contributed by atoms with E-state index in [0.29, 0.717) is 6.61 Å². The fourth-order valence-electron chi connectivity index (χ4n) is 2.40. The monoisotopic (exact) mass is 332 g/mol. The van der Waals surface area contributed by atoms with Crippen LogP contribution in [0.2, 0.25) is 18.1 Å². The van der Waals surface area contributed by atoms with Crippen LogP contribution in [0.5, 0.6) is 0 Å². The Bertz CT molecular complexity index is 442. The van der Waals surface area contributed by atoms with Crippen molar-refractivity contribution in [3.63, 3.8) is 0 Å². The van der Waals surface area contributed by atoms with E-state index in [1.165, 1.54) is 0 Å². The fourth-order valence-corrected chi connectivity index (χ4v) is 3.69. The van der Waals surface area contributed by atoms with E-state index in [1.807, 2.05) is 13.8 Å². The molecule has 4 atom stereocenters. The van der Waals surface area contributed by atoms with Crippen LogP contribution in [0.1, 0.15) is 34.6 Å². The first-order chi connectivity index (χ1) is 9.84. The molecule has 2 heterocycles. The molecule has 0 aromatic rings. The summed E-state index contributed by atoms with van der Waals surface area (Å²) in [5.41, 5.74) is 0. The molecule has 0 bridgehead atoms. The van der Waals surface area contributed by atoms with Gasteiger partial charge in [-0.2, -0.15) is 0 Å². The van der Waals surface area contributed by atoms with Crippen molar-refractivity contribution in [2.75, 3.05) is 6.61 Å². The maximum atomic E-state index is 11.8. The van der Waals surface area contributed by atoms with E-state index in [4.69, 9.17) is 18.6 Å². The molecule has 0 radical (unpaired) electrons. The Morgan fingerprint density at radius 3 is 2.36 bits per heavy atom. The molecule has 128 valence electrons. The Morgan fingerprint density at radius 2 is 1.91 bits per heavy atom. The topological polar surface area (TPSA) is 74.2 Å². The molecule has 1 N–H and O–H groups in total. The number of ether oxygens (including phenoxy) is 3. The van der Waals surface area contributed by atoms with Gasteiger partial charge in [0.15, 0.2) is 26.3 Å². The molecule has 2 fully saturated rings. The van der Waals surface area contributed by atoms with E-state index in [1.54, 1.807) is 0 Å². The largest absolute Gasteiger partial charge is 0.455 e. The molecule has 0 aliphatic carbocycles. The van der Waals surface area contributed by atoms with Gasteiger partial charge in [0, 0.05) is 0 Å². The summed E-state index contributed by atoms with van der Waals surface area (Å²) in [7, 11) is -2.16. The minimum Gasteiger partial charge on any atom is -0.455 e. The summed E-state index contributed by atoms with van der Waals surface area (Å²) in [6, 6.07) is 0. The zero-order valence-corrected chi connectivity index (χ0v) is 15.5. The standard InChI is InChI=1S/C15H28O6Si/c1-14(2,3)22(6,7)21-12-10(16)13(17)19-11(12)9-8-18-15(4,5)20-9/h9-12,16H,8H2,1-7H3/t9-,10-,11-,12-/m1/s1. The minimum absolute atomic E-state index is 0.0325. The van der Waals surface area contributed by atoms with E-state index >= 15 is 0 Å². The van der Waals surface area contributed by atoms with Gasteiger partial charge in [0.2, 0.25) is 0 Å². The molecule has 0 aromatic heterocycles. The summed E-state index contributed by atoms with van der Waals surface area (Å²) in [4.78, 5) is 11.8. The normalized spacial score (nSPS) is 35.7. The van der Waals surface area contributed by atoms with Crippen LogP contribution in [0.25, 0.3) is 0 Å². The van der Waals surface area contributed by atoms with Gasteiger partial charge in [-0.1, -0.05) is 20.8 Å². The van der Waals surface area contributed by atoms with Gasteiger partial charge in [-0.05, 0) is 32.0 Å². The second-order valence-corrected chi connectivity index (χ2v) is 12.8. The van der Waals surface area contributed by atoms with Crippen LogP contribution >= 0.6 is 0 Å². The van der Waals surface area contributed by atoms with Crippen LogP contribution in [-0.4, -0.2) is 56.2 Å². The molecule has 0 spiro atoms.